The van der Waals surface area contributed by atoms with Gasteiger partial charge in [-0.05, 0) is 44.1 Å². The van der Waals surface area contributed by atoms with Gasteiger partial charge in [-0.2, -0.15) is 0 Å². The van der Waals surface area contributed by atoms with E-state index in [1.165, 1.54) is 25.0 Å². The van der Waals surface area contributed by atoms with E-state index in [0.717, 1.165) is 18.5 Å². The van der Waals surface area contributed by atoms with Crippen molar-refractivity contribution in [2.75, 3.05) is 20.2 Å². The van der Waals surface area contributed by atoms with Crippen LogP contribution in [-0.2, 0) is 6.54 Å². The maximum atomic E-state index is 13.3. The van der Waals surface area contributed by atoms with Crippen molar-refractivity contribution in [3.05, 3.63) is 29.6 Å². The zero-order valence-corrected chi connectivity index (χ0v) is 10.9. The second-order valence-electron chi connectivity index (χ2n) is 4.94. The fraction of sp³-hybridized carbons (Fsp3) is 0.571. The average molecular weight is 252 g/mol. The van der Waals surface area contributed by atoms with Crippen molar-refractivity contribution in [3.8, 4) is 5.75 Å². The molecule has 2 rings (SSSR count). The van der Waals surface area contributed by atoms with Gasteiger partial charge < -0.3 is 15.4 Å². The van der Waals surface area contributed by atoms with Crippen LogP contribution in [0.2, 0.25) is 0 Å². The summed E-state index contributed by atoms with van der Waals surface area (Å²) in [7, 11) is 2.12. The summed E-state index contributed by atoms with van der Waals surface area (Å²) in [5.74, 6) is 0.291. The van der Waals surface area contributed by atoms with Gasteiger partial charge in [0.25, 0.3) is 0 Å². The van der Waals surface area contributed by atoms with Gasteiger partial charge in [0.05, 0.1) is 0 Å². The Kier molecular flexibility index (Phi) is 4.55. The quantitative estimate of drug-likeness (QED) is 0.892. The second-order valence-corrected chi connectivity index (χ2v) is 4.94. The van der Waals surface area contributed by atoms with Gasteiger partial charge in [0.1, 0.15) is 18.2 Å². The number of hydrogen-bond acceptors (Lipinski definition) is 3. The van der Waals surface area contributed by atoms with E-state index in [9.17, 15) is 4.39 Å². The Morgan fingerprint density at radius 3 is 2.94 bits per heavy atom. The Hall–Kier alpha value is -1.13. The molecule has 4 heteroatoms. The molecule has 100 valence electrons. The van der Waals surface area contributed by atoms with Crippen molar-refractivity contribution in [2.24, 2.45) is 5.73 Å². The van der Waals surface area contributed by atoms with Gasteiger partial charge in [-0.1, -0.05) is 6.42 Å². The number of likely N-dealkylation sites (tertiary alicyclic amines) is 1. The summed E-state index contributed by atoms with van der Waals surface area (Å²) in [5, 5.41) is 0. The Bertz CT molecular complexity index is 397. The molecule has 0 radical (unpaired) electrons. The number of ether oxygens (including phenoxy) is 1. The molecule has 1 aromatic rings. The SMILES string of the molecule is CN1CCCCC1COc1cc(F)cc(CN)c1. The van der Waals surface area contributed by atoms with E-state index in [4.69, 9.17) is 10.5 Å². The van der Waals surface area contributed by atoms with Crippen LogP contribution in [-0.4, -0.2) is 31.1 Å². The Labute approximate surface area is 108 Å². The zero-order chi connectivity index (χ0) is 13.0. The third-order valence-corrected chi connectivity index (χ3v) is 3.53. The van der Waals surface area contributed by atoms with Crippen LogP contribution in [0.25, 0.3) is 0 Å². The van der Waals surface area contributed by atoms with Gasteiger partial charge in [-0.15, -0.1) is 0 Å². The van der Waals surface area contributed by atoms with E-state index in [2.05, 4.69) is 11.9 Å². The van der Waals surface area contributed by atoms with Crippen molar-refractivity contribution in [1.82, 2.24) is 4.90 Å². The monoisotopic (exact) mass is 252 g/mol. The molecule has 0 saturated carbocycles. The van der Waals surface area contributed by atoms with Crippen molar-refractivity contribution in [2.45, 2.75) is 31.8 Å². The summed E-state index contributed by atoms with van der Waals surface area (Å²) in [6.45, 7) is 2.06. The van der Waals surface area contributed by atoms with Crippen molar-refractivity contribution in [3.63, 3.8) is 0 Å². The van der Waals surface area contributed by atoms with Gasteiger partial charge in [-0.3, -0.25) is 0 Å². The lowest BCUT2D eigenvalue weighted by Gasteiger charge is -2.32. The largest absolute Gasteiger partial charge is 0.492 e. The molecule has 2 N–H and O–H groups in total. The third kappa shape index (κ3) is 3.43. The highest BCUT2D eigenvalue weighted by Crippen LogP contribution is 2.19. The number of hydrogen-bond donors (Lipinski definition) is 1. The first-order valence-corrected chi connectivity index (χ1v) is 6.51. The molecule has 0 aliphatic carbocycles. The summed E-state index contributed by atoms with van der Waals surface area (Å²) in [4.78, 5) is 2.31. The molecule has 1 heterocycles. The molecule has 0 amide bonds. The lowest BCUT2D eigenvalue weighted by molar-refractivity contribution is 0.125. The lowest BCUT2D eigenvalue weighted by Crippen LogP contribution is -2.40. The Balaban J connectivity index is 1.94. The highest BCUT2D eigenvalue weighted by atomic mass is 19.1. The van der Waals surface area contributed by atoms with Crippen LogP contribution in [0.5, 0.6) is 5.75 Å². The topological polar surface area (TPSA) is 38.5 Å². The zero-order valence-electron chi connectivity index (χ0n) is 10.9. The molecule has 18 heavy (non-hydrogen) atoms. The van der Waals surface area contributed by atoms with Crippen LogP contribution in [0.1, 0.15) is 24.8 Å². The van der Waals surface area contributed by atoms with E-state index < -0.39 is 0 Å². The van der Waals surface area contributed by atoms with Gasteiger partial charge in [0.15, 0.2) is 0 Å². The number of piperidine rings is 1. The Morgan fingerprint density at radius 2 is 2.22 bits per heavy atom. The van der Waals surface area contributed by atoms with Crippen LogP contribution in [0.3, 0.4) is 0 Å². The summed E-state index contributed by atoms with van der Waals surface area (Å²) in [5.41, 5.74) is 6.28. The molecular formula is C14H21FN2O. The fourth-order valence-corrected chi connectivity index (χ4v) is 2.37. The first-order valence-electron chi connectivity index (χ1n) is 6.51. The first kappa shape index (κ1) is 13.3. The molecule has 1 fully saturated rings. The predicted octanol–water partition coefficient (Wildman–Crippen LogP) is 2.15. The summed E-state index contributed by atoms with van der Waals surface area (Å²) in [6.07, 6.45) is 3.65. The number of rotatable bonds is 4. The smallest absolute Gasteiger partial charge is 0.127 e. The number of likely N-dealkylation sites (N-methyl/N-ethyl adjacent to an activating group) is 1. The molecule has 1 aliphatic rings. The van der Waals surface area contributed by atoms with Gasteiger partial charge >= 0.3 is 0 Å². The molecule has 1 saturated heterocycles. The molecular weight excluding hydrogens is 231 g/mol. The van der Waals surface area contributed by atoms with Gasteiger partial charge in [0.2, 0.25) is 0 Å². The third-order valence-electron chi connectivity index (χ3n) is 3.53. The van der Waals surface area contributed by atoms with Crippen LogP contribution < -0.4 is 10.5 Å². The second kappa shape index (κ2) is 6.16. The van der Waals surface area contributed by atoms with E-state index >= 15 is 0 Å². The van der Waals surface area contributed by atoms with Gasteiger partial charge in [-0.25, -0.2) is 4.39 Å². The number of nitrogens with zero attached hydrogens (tertiary/aromatic N) is 1. The minimum absolute atomic E-state index is 0.287. The normalized spacial score (nSPS) is 20.9. The maximum absolute atomic E-state index is 13.3. The minimum atomic E-state index is -0.287. The van der Waals surface area contributed by atoms with Crippen LogP contribution in [0.15, 0.2) is 18.2 Å². The predicted molar refractivity (Wildman–Crippen MR) is 70.1 cm³/mol. The average Bonchev–Trinajstić information content (AvgIpc) is 2.37. The van der Waals surface area contributed by atoms with E-state index in [1.54, 1.807) is 0 Å². The summed E-state index contributed by atoms with van der Waals surface area (Å²) >= 11 is 0. The molecule has 0 spiro atoms. The van der Waals surface area contributed by atoms with E-state index in [0.29, 0.717) is 24.9 Å². The number of benzene rings is 1. The molecule has 1 aliphatic heterocycles. The van der Waals surface area contributed by atoms with Crippen LogP contribution in [0.4, 0.5) is 4.39 Å². The molecule has 1 unspecified atom stereocenters. The first-order chi connectivity index (χ1) is 8.69. The lowest BCUT2D eigenvalue weighted by atomic mass is 10.0. The van der Waals surface area contributed by atoms with E-state index in [-0.39, 0.29) is 5.82 Å². The van der Waals surface area contributed by atoms with Crippen LogP contribution >= 0.6 is 0 Å². The molecule has 1 aromatic carbocycles. The number of nitrogens with two attached hydrogens (primary N) is 1. The molecule has 1 atom stereocenters. The maximum Gasteiger partial charge on any atom is 0.127 e. The Morgan fingerprint density at radius 1 is 1.39 bits per heavy atom. The highest BCUT2D eigenvalue weighted by molar-refractivity contribution is 5.29. The fourth-order valence-electron chi connectivity index (χ4n) is 2.37. The minimum Gasteiger partial charge on any atom is -0.492 e. The van der Waals surface area contributed by atoms with Gasteiger partial charge in [0, 0.05) is 18.7 Å². The van der Waals surface area contributed by atoms with Crippen molar-refractivity contribution >= 4 is 0 Å². The molecule has 0 aromatic heterocycles. The summed E-state index contributed by atoms with van der Waals surface area (Å²) in [6, 6.07) is 5.11. The molecule has 3 nitrogen and oxygen atoms in total. The van der Waals surface area contributed by atoms with Crippen LogP contribution in [0, 0.1) is 5.82 Å². The van der Waals surface area contributed by atoms with Crippen molar-refractivity contribution < 1.29 is 9.13 Å². The van der Waals surface area contributed by atoms with Crippen molar-refractivity contribution in [1.29, 1.82) is 0 Å². The standard InChI is InChI=1S/C14H21FN2O/c1-17-5-3-2-4-13(17)10-18-14-7-11(9-16)6-12(15)8-14/h6-8,13H,2-5,9-10,16H2,1H3. The highest BCUT2D eigenvalue weighted by Gasteiger charge is 2.19. The number of halogens is 1. The molecule has 0 bridgehead atoms. The summed E-state index contributed by atoms with van der Waals surface area (Å²) < 4.78 is 19.0. The van der Waals surface area contributed by atoms with E-state index in [1.807, 2.05) is 6.07 Å².